The zero-order chi connectivity index (χ0) is 11.4. The molecular formula is C11H15N5. The van der Waals surface area contributed by atoms with E-state index in [-0.39, 0.29) is 0 Å². The lowest BCUT2D eigenvalue weighted by atomic mass is 10.4. The molecule has 0 aliphatic rings. The molecule has 0 saturated carbocycles. The minimum atomic E-state index is 0.792. The lowest BCUT2D eigenvalue weighted by Gasteiger charge is -2.08. The highest BCUT2D eigenvalue weighted by Crippen LogP contribution is 2.07. The maximum Gasteiger partial charge on any atom is 0.147 e. The Bertz CT molecular complexity index is 449. The van der Waals surface area contributed by atoms with Gasteiger partial charge in [0.05, 0.1) is 17.9 Å². The summed E-state index contributed by atoms with van der Waals surface area (Å²) in [4.78, 5) is 8.64. The van der Waals surface area contributed by atoms with Crippen molar-refractivity contribution in [3.8, 4) is 0 Å². The Balaban J connectivity index is 1.92. The van der Waals surface area contributed by atoms with Crippen LogP contribution in [0.4, 0.5) is 5.82 Å². The van der Waals surface area contributed by atoms with E-state index in [4.69, 9.17) is 0 Å². The average Bonchev–Trinajstić information content (AvgIpc) is 2.76. The zero-order valence-corrected chi connectivity index (χ0v) is 9.51. The maximum atomic E-state index is 4.39. The van der Waals surface area contributed by atoms with Gasteiger partial charge in [0.25, 0.3) is 0 Å². The van der Waals surface area contributed by atoms with Crippen molar-refractivity contribution >= 4 is 5.82 Å². The summed E-state index contributed by atoms with van der Waals surface area (Å²) in [6, 6.07) is 1.91. The molecule has 2 aromatic heterocycles. The Morgan fingerprint density at radius 1 is 1.38 bits per heavy atom. The van der Waals surface area contributed by atoms with Crippen molar-refractivity contribution in [1.29, 1.82) is 0 Å². The molecule has 84 valence electrons. The summed E-state index contributed by atoms with van der Waals surface area (Å²) in [5.74, 6) is 0.854. The van der Waals surface area contributed by atoms with Gasteiger partial charge in [0.15, 0.2) is 0 Å². The van der Waals surface area contributed by atoms with Crippen LogP contribution in [0.3, 0.4) is 0 Å². The molecule has 0 bridgehead atoms. The van der Waals surface area contributed by atoms with Gasteiger partial charge in [0, 0.05) is 25.1 Å². The Kier molecular flexibility index (Phi) is 3.14. The van der Waals surface area contributed by atoms with Crippen molar-refractivity contribution in [1.82, 2.24) is 19.7 Å². The summed E-state index contributed by atoms with van der Waals surface area (Å²) in [6.45, 7) is 5.50. The number of aryl methyl sites for hydroxylation is 2. The van der Waals surface area contributed by atoms with E-state index in [0.717, 1.165) is 30.3 Å². The van der Waals surface area contributed by atoms with E-state index in [0.29, 0.717) is 0 Å². The summed E-state index contributed by atoms with van der Waals surface area (Å²) in [7, 11) is 0. The van der Waals surface area contributed by atoms with Gasteiger partial charge in [-0.3, -0.25) is 9.67 Å². The van der Waals surface area contributed by atoms with Crippen LogP contribution >= 0.6 is 0 Å². The van der Waals surface area contributed by atoms with Crippen molar-refractivity contribution in [2.45, 2.75) is 20.4 Å². The number of hydrogen-bond donors (Lipinski definition) is 1. The molecule has 1 N–H and O–H groups in total. The Morgan fingerprint density at radius 2 is 2.25 bits per heavy atom. The maximum absolute atomic E-state index is 4.39. The lowest BCUT2D eigenvalue weighted by molar-refractivity contribution is 0.636. The fraction of sp³-hybridized carbons (Fsp3) is 0.364. The van der Waals surface area contributed by atoms with Crippen LogP contribution in [0.15, 0.2) is 24.7 Å². The average molecular weight is 217 g/mol. The highest BCUT2D eigenvalue weighted by Gasteiger charge is 2.00. The molecule has 0 fully saturated rings. The van der Waals surface area contributed by atoms with Crippen molar-refractivity contribution in [2.24, 2.45) is 0 Å². The quantitative estimate of drug-likeness (QED) is 0.841. The summed E-state index contributed by atoms with van der Waals surface area (Å²) in [6.07, 6.45) is 5.49. The van der Waals surface area contributed by atoms with Gasteiger partial charge in [0.1, 0.15) is 5.82 Å². The number of nitrogens with one attached hydrogen (secondary N) is 1. The lowest BCUT2D eigenvalue weighted by Crippen LogP contribution is -2.13. The Hall–Kier alpha value is -1.91. The monoisotopic (exact) mass is 217 g/mol. The van der Waals surface area contributed by atoms with E-state index in [1.165, 1.54) is 0 Å². The summed E-state index contributed by atoms with van der Waals surface area (Å²) in [5.41, 5.74) is 1.85. The third kappa shape index (κ3) is 2.56. The van der Waals surface area contributed by atoms with Gasteiger partial charge in [-0.15, -0.1) is 0 Å². The first kappa shape index (κ1) is 10.6. The van der Waals surface area contributed by atoms with E-state index in [1.54, 1.807) is 12.4 Å². The number of hydrogen-bond acceptors (Lipinski definition) is 4. The molecule has 16 heavy (non-hydrogen) atoms. The molecule has 0 atom stereocenters. The Labute approximate surface area is 94.5 Å². The van der Waals surface area contributed by atoms with Crippen LogP contribution in [0.2, 0.25) is 0 Å². The van der Waals surface area contributed by atoms with Crippen molar-refractivity contribution < 1.29 is 0 Å². The molecule has 2 heterocycles. The number of nitrogens with zero attached hydrogens (tertiary/aromatic N) is 4. The summed E-state index contributed by atoms with van der Waals surface area (Å²) >= 11 is 0. The van der Waals surface area contributed by atoms with Gasteiger partial charge in [-0.2, -0.15) is 5.10 Å². The standard InChI is InChI=1S/C11H15N5/c1-9-8-13-10(2)11(15-9)12-5-7-16-6-3-4-14-16/h3-4,6,8H,5,7H2,1-2H3,(H,12,15). The minimum absolute atomic E-state index is 0.792. The predicted molar refractivity (Wildman–Crippen MR) is 62.2 cm³/mol. The molecule has 5 nitrogen and oxygen atoms in total. The molecule has 2 rings (SSSR count). The number of anilines is 1. The largest absolute Gasteiger partial charge is 0.367 e. The first-order valence-electron chi connectivity index (χ1n) is 5.27. The fourth-order valence-electron chi connectivity index (χ4n) is 1.43. The zero-order valence-electron chi connectivity index (χ0n) is 9.51. The SMILES string of the molecule is Cc1cnc(C)c(NCCn2cccn2)n1. The fourth-order valence-corrected chi connectivity index (χ4v) is 1.43. The van der Waals surface area contributed by atoms with Crippen molar-refractivity contribution in [3.63, 3.8) is 0 Å². The summed E-state index contributed by atoms with van der Waals surface area (Å²) in [5, 5.41) is 7.39. The van der Waals surface area contributed by atoms with E-state index in [1.807, 2.05) is 30.8 Å². The molecule has 0 amide bonds. The van der Waals surface area contributed by atoms with Crippen LogP contribution in [-0.4, -0.2) is 26.3 Å². The third-order valence-corrected chi connectivity index (χ3v) is 2.27. The third-order valence-electron chi connectivity index (χ3n) is 2.27. The van der Waals surface area contributed by atoms with Gasteiger partial charge < -0.3 is 5.32 Å². The van der Waals surface area contributed by atoms with Crippen LogP contribution < -0.4 is 5.32 Å². The van der Waals surface area contributed by atoms with Crippen LogP contribution in [0.25, 0.3) is 0 Å². The normalized spacial score (nSPS) is 10.4. The topological polar surface area (TPSA) is 55.6 Å². The predicted octanol–water partition coefficient (Wildman–Crippen LogP) is 1.40. The minimum Gasteiger partial charge on any atom is -0.367 e. The van der Waals surface area contributed by atoms with E-state index >= 15 is 0 Å². The smallest absolute Gasteiger partial charge is 0.147 e. The second kappa shape index (κ2) is 4.74. The molecule has 0 saturated heterocycles. The molecule has 2 aromatic rings. The van der Waals surface area contributed by atoms with Crippen molar-refractivity contribution in [2.75, 3.05) is 11.9 Å². The van der Waals surface area contributed by atoms with Crippen LogP contribution in [0, 0.1) is 13.8 Å². The van der Waals surface area contributed by atoms with Crippen LogP contribution in [-0.2, 0) is 6.54 Å². The molecule has 0 radical (unpaired) electrons. The van der Waals surface area contributed by atoms with E-state index < -0.39 is 0 Å². The van der Waals surface area contributed by atoms with Gasteiger partial charge in [-0.25, -0.2) is 4.98 Å². The second-order valence-corrected chi connectivity index (χ2v) is 3.64. The van der Waals surface area contributed by atoms with Gasteiger partial charge in [-0.1, -0.05) is 0 Å². The van der Waals surface area contributed by atoms with Crippen LogP contribution in [0.1, 0.15) is 11.4 Å². The van der Waals surface area contributed by atoms with Crippen molar-refractivity contribution in [3.05, 3.63) is 36.0 Å². The van der Waals surface area contributed by atoms with E-state index in [2.05, 4.69) is 20.4 Å². The number of aromatic nitrogens is 4. The first-order chi connectivity index (χ1) is 7.75. The first-order valence-corrected chi connectivity index (χ1v) is 5.27. The van der Waals surface area contributed by atoms with Crippen LogP contribution in [0.5, 0.6) is 0 Å². The molecular weight excluding hydrogens is 202 g/mol. The van der Waals surface area contributed by atoms with Gasteiger partial charge in [-0.05, 0) is 19.9 Å². The summed E-state index contributed by atoms with van der Waals surface area (Å²) < 4.78 is 1.88. The van der Waals surface area contributed by atoms with Gasteiger partial charge in [0.2, 0.25) is 0 Å². The Morgan fingerprint density at radius 3 is 3.00 bits per heavy atom. The molecule has 0 unspecified atom stereocenters. The highest BCUT2D eigenvalue weighted by atomic mass is 15.3. The van der Waals surface area contributed by atoms with E-state index in [9.17, 15) is 0 Å². The molecule has 0 aliphatic carbocycles. The molecule has 0 spiro atoms. The highest BCUT2D eigenvalue weighted by molar-refractivity contribution is 5.39. The van der Waals surface area contributed by atoms with Gasteiger partial charge >= 0.3 is 0 Å². The molecule has 5 heteroatoms. The number of rotatable bonds is 4. The molecule has 0 aromatic carbocycles. The molecule has 0 aliphatic heterocycles. The second-order valence-electron chi connectivity index (χ2n) is 3.64.